The van der Waals surface area contributed by atoms with Crippen molar-refractivity contribution < 1.29 is 17.5 Å². The zero-order chi connectivity index (χ0) is 15.3. The highest BCUT2D eigenvalue weighted by Crippen LogP contribution is 2.17. The summed E-state index contributed by atoms with van der Waals surface area (Å²) in [4.78, 5) is 0.0943. The van der Waals surface area contributed by atoms with Crippen LogP contribution in [0.3, 0.4) is 0 Å². The first kappa shape index (κ1) is 16.4. The molecule has 0 radical (unpaired) electrons. The van der Waals surface area contributed by atoms with Crippen LogP contribution in [0.1, 0.15) is 18.4 Å². The van der Waals surface area contributed by atoms with Gasteiger partial charge in [-0.2, -0.15) is 0 Å². The molecule has 1 unspecified atom stereocenters. The predicted octanol–water partition coefficient (Wildman–Crippen LogP) is 1.25. The van der Waals surface area contributed by atoms with Crippen molar-refractivity contribution in [3.8, 4) is 0 Å². The molecule has 0 saturated carbocycles. The number of hydrogen-bond acceptors (Lipinski definition) is 4. The van der Waals surface area contributed by atoms with Gasteiger partial charge in [0.25, 0.3) is 0 Å². The van der Waals surface area contributed by atoms with Gasteiger partial charge < -0.3 is 10.1 Å². The molecule has 0 amide bonds. The van der Waals surface area contributed by atoms with Crippen molar-refractivity contribution in [1.29, 1.82) is 0 Å². The van der Waals surface area contributed by atoms with E-state index in [2.05, 4.69) is 10.0 Å². The Kier molecular flexibility index (Phi) is 5.69. The minimum absolute atomic E-state index is 0.0943. The molecule has 7 heteroatoms. The number of halogens is 1. The molecular weight excluding hydrogens is 295 g/mol. The lowest BCUT2D eigenvalue weighted by molar-refractivity contribution is 0.184. The van der Waals surface area contributed by atoms with E-state index in [0.717, 1.165) is 19.4 Å². The van der Waals surface area contributed by atoms with E-state index < -0.39 is 15.8 Å². The monoisotopic (exact) mass is 316 g/mol. The highest BCUT2D eigenvalue weighted by atomic mass is 32.2. The molecular formula is C14H21FN2O3S. The van der Waals surface area contributed by atoms with Crippen LogP contribution in [0, 0.1) is 11.7 Å². The summed E-state index contributed by atoms with van der Waals surface area (Å²) in [5.74, 6) is 0.00664. The summed E-state index contributed by atoms with van der Waals surface area (Å²) < 4.78 is 45.7. The molecule has 1 atom stereocenters. The minimum atomic E-state index is -3.59. The van der Waals surface area contributed by atoms with E-state index in [4.69, 9.17) is 4.74 Å². The molecule has 1 aromatic carbocycles. The van der Waals surface area contributed by atoms with Gasteiger partial charge in [-0.15, -0.1) is 0 Å². The summed E-state index contributed by atoms with van der Waals surface area (Å²) in [6.45, 7) is 2.11. The van der Waals surface area contributed by atoms with Gasteiger partial charge in [-0.3, -0.25) is 0 Å². The molecule has 0 bridgehead atoms. The molecule has 0 aliphatic carbocycles. The Morgan fingerprint density at radius 2 is 2.24 bits per heavy atom. The number of nitrogens with one attached hydrogen (secondary N) is 2. The van der Waals surface area contributed by atoms with E-state index in [9.17, 15) is 12.8 Å². The van der Waals surface area contributed by atoms with Crippen molar-refractivity contribution in [2.24, 2.45) is 5.92 Å². The van der Waals surface area contributed by atoms with Crippen molar-refractivity contribution in [1.82, 2.24) is 10.0 Å². The number of benzene rings is 1. The fourth-order valence-electron chi connectivity index (χ4n) is 2.34. The average molecular weight is 316 g/mol. The highest BCUT2D eigenvalue weighted by Gasteiger charge is 2.19. The van der Waals surface area contributed by atoms with E-state index in [-0.39, 0.29) is 11.4 Å². The topological polar surface area (TPSA) is 67.4 Å². The van der Waals surface area contributed by atoms with Crippen LogP contribution < -0.4 is 10.0 Å². The third-order valence-corrected chi connectivity index (χ3v) is 5.02. The number of ether oxygens (including phenoxy) is 1. The first-order chi connectivity index (χ1) is 10.0. The Balaban J connectivity index is 1.99. The Morgan fingerprint density at radius 1 is 1.43 bits per heavy atom. The molecule has 1 aliphatic heterocycles. The van der Waals surface area contributed by atoms with Crippen LogP contribution in [-0.4, -0.2) is 35.2 Å². The van der Waals surface area contributed by atoms with Crippen molar-refractivity contribution in [2.75, 3.05) is 26.8 Å². The molecule has 5 nitrogen and oxygen atoms in total. The van der Waals surface area contributed by atoms with Crippen LogP contribution >= 0.6 is 0 Å². The Labute approximate surface area is 124 Å². The van der Waals surface area contributed by atoms with Gasteiger partial charge in [-0.25, -0.2) is 17.5 Å². The molecule has 1 fully saturated rings. The normalized spacial score (nSPS) is 19.0. The third kappa shape index (κ3) is 4.47. The molecule has 21 heavy (non-hydrogen) atoms. The lowest BCUT2D eigenvalue weighted by Crippen LogP contribution is -2.26. The molecule has 0 spiro atoms. The van der Waals surface area contributed by atoms with Crippen LogP contribution in [0.2, 0.25) is 0 Å². The average Bonchev–Trinajstić information content (AvgIpc) is 2.94. The van der Waals surface area contributed by atoms with E-state index in [0.29, 0.717) is 24.6 Å². The zero-order valence-electron chi connectivity index (χ0n) is 12.1. The van der Waals surface area contributed by atoms with Gasteiger partial charge in [0.15, 0.2) is 0 Å². The smallest absolute Gasteiger partial charge is 0.240 e. The second-order valence-electron chi connectivity index (χ2n) is 5.20. The SMILES string of the molecule is CNCc1cc(S(=O)(=O)NCCC2CCOC2)ccc1F. The molecule has 1 aliphatic rings. The van der Waals surface area contributed by atoms with E-state index in [1.54, 1.807) is 7.05 Å². The number of rotatable bonds is 7. The Morgan fingerprint density at radius 3 is 2.90 bits per heavy atom. The molecule has 0 aromatic heterocycles. The fourth-order valence-corrected chi connectivity index (χ4v) is 3.43. The summed E-state index contributed by atoms with van der Waals surface area (Å²) in [6.07, 6.45) is 1.73. The van der Waals surface area contributed by atoms with E-state index in [1.165, 1.54) is 18.2 Å². The van der Waals surface area contributed by atoms with Gasteiger partial charge in [0, 0.05) is 31.9 Å². The van der Waals surface area contributed by atoms with Crippen LogP contribution in [0.25, 0.3) is 0 Å². The van der Waals surface area contributed by atoms with Gasteiger partial charge in [-0.05, 0) is 44.0 Å². The van der Waals surface area contributed by atoms with Gasteiger partial charge in [0.2, 0.25) is 10.0 Å². The second kappa shape index (κ2) is 7.31. The zero-order valence-corrected chi connectivity index (χ0v) is 12.9. The van der Waals surface area contributed by atoms with Gasteiger partial charge >= 0.3 is 0 Å². The first-order valence-corrected chi connectivity index (χ1v) is 8.51. The summed E-state index contributed by atoms with van der Waals surface area (Å²) in [5, 5.41) is 2.81. The highest BCUT2D eigenvalue weighted by molar-refractivity contribution is 7.89. The summed E-state index contributed by atoms with van der Waals surface area (Å²) >= 11 is 0. The van der Waals surface area contributed by atoms with Gasteiger partial charge in [-0.1, -0.05) is 0 Å². The van der Waals surface area contributed by atoms with Crippen LogP contribution in [0.5, 0.6) is 0 Å². The van der Waals surface area contributed by atoms with Crippen LogP contribution in [0.15, 0.2) is 23.1 Å². The maximum absolute atomic E-state index is 13.5. The molecule has 1 aromatic rings. The fraction of sp³-hybridized carbons (Fsp3) is 0.571. The minimum Gasteiger partial charge on any atom is -0.381 e. The van der Waals surface area contributed by atoms with E-state index in [1.807, 2.05) is 0 Å². The predicted molar refractivity (Wildman–Crippen MR) is 77.9 cm³/mol. The molecule has 1 heterocycles. The number of sulfonamides is 1. The number of hydrogen-bond donors (Lipinski definition) is 2. The van der Waals surface area contributed by atoms with E-state index >= 15 is 0 Å². The largest absolute Gasteiger partial charge is 0.381 e. The Hall–Kier alpha value is -1.02. The lowest BCUT2D eigenvalue weighted by Gasteiger charge is -2.11. The quantitative estimate of drug-likeness (QED) is 0.794. The lowest BCUT2D eigenvalue weighted by atomic mass is 10.1. The molecule has 1 saturated heterocycles. The molecule has 2 N–H and O–H groups in total. The summed E-state index contributed by atoms with van der Waals surface area (Å²) in [7, 11) is -1.91. The molecule has 2 rings (SSSR count). The van der Waals surface area contributed by atoms with Crippen molar-refractivity contribution in [3.05, 3.63) is 29.6 Å². The van der Waals surface area contributed by atoms with Crippen molar-refractivity contribution in [3.63, 3.8) is 0 Å². The van der Waals surface area contributed by atoms with Crippen LogP contribution in [0.4, 0.5) is 4.39 Å². The standard InChI is InChI=1S/C14H21FN2O3S/c1-16-9-12-8-13(2-3-14(12)15)21(18,19)17-6-4-11-5-7-20-10-11/h2-3,8,11,16-17H,4-7,9-10H2,1H3. The van der Waals surface area contributed by atoms with Crippen LogP contribution in [-0.2, 0) is 21.3 Å². The second-order valence-corrected chi connectivity index (χ2v) is 6.97. The maximum Gasteiger partial charge on any atom is 0.240 e. The van der Waals surface area contributed by atoms with Crippen molar-refractivity contribution in [2.45, 2.75) is 24.3 Å². The van der Waals surface area contributed by atoms with Gasteiger partial charge in [0.1, 0.15) is 5.82 Å². The summed E-state index contributed by atoms with van der Waals surface area (Å²) in [6, 6.07) is 3.84. The third-order valence-electron chi connectivity index (χ3n) is 3.56. The maximum atomic E-state index is 13.5. The molecule has 118 valence electrons. The van der Waals surface area contributed by atoms with Crippen molar-refractivity contribution >= 4 is 10.0 Å². The first-order valence-electron chi connectivity index (χ1n) is 7.03. The van der Waals surface area contributed by atoms with Gasteiger partial charge in [0.05, 0.1) is 4.90 Å². The summed E-state index contributed by atoms with van der Waals surface area (Å²) in [5.41, 5.74) is 0.338. The Bertz CT molecular complexity index is 572.